The minimum Gasteiger partial charge on any atom is -0.483 e. The predicted octanol–water partition coefficient (Wildman–Crippen LogP) is 1.48. The largest absolute Gasteiger partial charge is 0.483 e. The average Bonchev–Trinajstić information content (AvgIpc) is 2.31. The van der Waals surface area contributed by atoms with Crippen LogP contribution in [0.1, 0.15) is 17.6 Å². The number of aliphatic carboxylic acids is 1. The van der Waals surface area contributed by atoms with Gasteiger partial charge in [-0.15, -0.1) is 0 Å². The molecular formula is C8H11NO3S. The first kappa shape index (κ1) is 9.98. The third-order valence-electron chi connectivity index (χ3n) is 1.38. The van der Waals surface area contributed by atoms with Crippen LogP contribution in [0.25, 0.3) is 0 Å². The van der Waals surface area contributed by atoms with Crippen LogP contribution in [0.3, 0.4) is 0 Å². The van der Waals surface area contributed by atoms with Crippen molar-refractivity contribution < 1.29 is 14.6 Å². The highest BCUT2D eigenvalue weighted by molar-refractivity contribution is 7.13. The molecule has 0 atom stereocenters. The molecule has 0 saturated heterocycles. The fourth-order valence-corrected chi connectivity index (χ4v) is 1.87. The van der Waals surface area contributed by atoms with E-state index in [2.05, 4.69) is 4.98 Å². The summed E-state index contributed by atoms with van der Waals surface area (Å²) in [6.07, 6.45) is -0.0292. The highest BCUT2D eigenvalue weighted by Crippen LogP contribution is 2.26. The van der Waals surface area contributed by atoms with E-state index in [9.17, 15) is 4.79 Å². The van der Waals surface area contributed by atoms with E-state index in [4.69, 9.17) is 9.84 Å². The van der Waals surface area contributed by atoms with E-state index in [0.717, 1.165) is 10.8 Å². The van der Waals surface area contributed by atoms with Crippen molar-refractivity contribution in [3.8, 4) is 5.06 Å². The van der Waals surface area contributed by atoms with Crippen molar-refractivity contribution in [3.63, 3.8) is 0 Å². The van der Waals surface area contributed by atoms with E-state index in [1.807, 2.05) is 13.8 Å². The molecule has 1 N–H and O–H groups in total. The molecule has 0 saturated carbocycles. The number of carbonyl (C=O) groups is 1. The van der Waals surface area contributed by atoms with Crippen LogP contribution in [0.15, 0.2) is 0 Å². The zero-order valence-electron chi connectivity index (χ0n) is 7.53. The van der Waals surface area contributed by atoms with Gasteiger partial charge in [0, 0.05) is 0 Å². The average molecular weight is 201 g/mol. The first-order valence-corrected chi connectivity index (χ1v) is 4.76. The number of aromatic nitrogens is 1. The fraction of sp³-hybridized carbons (Fsp3) is 0.500. The Morgan fingerprint density at radius 1 is 1.69 bits per heavy atom. The highest BCUT2D eigenvalue weighted by Gasteiger charge is 2.10. The molecule has 0 bridgehead atoms. The highest BCUT2D eigenvalue weighted by atomic mass is 32.1. The summed E-state index contributed by atoms with van der Waals surface area (Å²) < 4.78 is 5.26. The van der Waals surface area contributed by atoms with Gasteiger partial charge in [0.25, 0.3) is 0 Å². The molecule has 0 amide bonds. The van der Waals surface area contributed by atoms with Gasteiger partial charge in [0.15, 0.2) is 5.06 Å². The second-order valence-electron chi connectivity index (χ2n) is 2.48. The maximum absolute atomic E-state index is 10.4. The quantitative estimate of drug-likeness (QED) is 0.801. The summed E-state index contributed by atoms with van der Waals surface area (Å²) in [7, 11) is 0. The predicted molar refractivity (Wildman–Crippen MR) is 49.4 cm³/mol. The van der Waals surface area contributed by atoms with Crippen molar-refractivity contribution in [3.05, 3.63) is 10.7 Å². The van der Waals surface area contributed by atoms with Crippen LogP contribution in [0.2, 0.25) is 0 Å². The molecule has 1 rings (SSSR count). The topological polar surface area (TPSA) is 59.4 Å². The second kappa shape index (κ2) is 4.23. The molecule has 0 aliphatic heterocycles. The molecule has 0 fully saturated rings. The lowest BCUT2D eigenvalue weighted by Gasteiger charge is -1.96. The van der Waals surface area contributed by atoms with Gasteiger partial charge in [-0.2, -0.15) is 0 Å². The van der Waals surface area contributed by atoms with Gasteiger partial charge in [-0.05, 0) is 13.8 Å². The van der Waals surface area contributed by atoms with Gasteiger partial charge in [0.2, 0.25) is 0 Å². The van der Waals surface area contributed by atoms with Crippen LogP contribution in [0.5, 0.6) is 5.06 Å². The van der Waals surface area contributed by atoms with Gasteiger partial charge < -0.3 is 9.84 Å². The number of thiazole rings is 1. The van der Waals surface area contributed by atoms with Crippen LogP contribution < -0.4 is 4.74 Å². The van der Waals surface area contributed by atoms with Crippen molar-refractivity contribution in [1.82, 2.24) is 4.98 Å². The maximum atomic E-state index is 10.4. The van der Waals surface area contributed by atoms with Crippen LogP contribution in [-0.2, 0) is 11.2 Å². The normalized spacial score (nSPS) is 10.0. The molecule has 0 spiro atoms. The summed E-state index contributed by atoms with van der Waals surface area (Å²) in [4.78, 5) is 14.5. The number of nitrogens with zero attached hydrogens (tertiary/aromatic N) is 1. The van der Waals surface area contributed by atoms with Gasteiger partial charge in [0.1, 0.15) is 5.01 Å². The number of rotatable bonds is 4. The molecule has 5 heteroatoms. The molecule has 1 heterocycles. The smallest absolute Gasteiger partial charge is 0.310 e. The van der Waals surface area contributed by atoms with Crippen molar-refractivity contribution in [2.45, 2.75) is 20.3 Å². The molecule has 72 valence electrons. The summed E-state index contributed by atoms with van der Waals surface area (Å²) in [6.45, 7) is 4.28. The Labute approximate surface area is 80.2 Å². The van der Waals surface area contributed by atoms with Crippen LogP contribution >= 0.6 is 11.3 Å². The summed E-state index contributed by atoms with van der Waals surface area (Å²) >= 11 is 1.30. The summed E-state index contributed by atoms with van der Waals surface area (Å²) in [6, 6.07) is 0. The van der Waals surface area contributed by atoms with E-state index < -0.39 is 5.97 Å². The maximum Gasteiger partial charge on any atom is 0.310 e. The lowest BCUT2D eigenvalue weighted by Crippen LogP contribution is -1.98. The van der Waals surface area contributed by atoms with E-state index in [0.29, 0.717) is 11.6 Å². The third-order valence-corrected chi connectivity index (χ3v) is 2.45. The zero-order chi connectivity index (χ0) is 9.84. The first-order valence-electron chi connectivity index (χ1n) is 3.94. The molecule has 4 nitrogen and oxygen atoms in total. The lowest BCUT2D eigenvalue weighted by molar-refractivity contribution is -0.136. The number of carboxylic acids is 1. The minimum atomic E-state index is -0.864. The standard InChI is InChI=1S/C8H11NO3S/c1-3-12-8-5(2)9-6(13-8)4-7(10)11/h3-4H2,1-2H3,(H,10,11). The molecule has 0 aliphatic carbocycles. The molecule has 0 aromatic carbocycles. The van der Waals surface area contributed by atoms with E-state index in [1.54, 1.807) is 0 Å². The van der Waals surface area contributed by atoms with Crippen molar-refractivity contribution in [2.75, 3.05) is 6.61 Å². The second-order valence-corrected chi connectivity index (χ2v) is 3.53. The summed E-state index contributed by atoms with van der Waals surface area (Å²) in [5, 5.41) is 9.84. The van der Waals surface area contributed by atoms with Crippen LogP contribution in [-0.4, -0.2) is 22.7 Å². The SMILES string of the molecule is CCOc1sc(CC(=O)O)nc1C. The Balaban J connectivity index is 2.76. The number of carboxylic acid groups (broad SMARTS) is 1. The molecule has 0 aliphatic rings. The van der Waals surface area contributed by atoms with Crippen LogP contribution in [0.4, 0.5) is 0 Å². The lowest BCUT2D eigenvalue weighted by atomic mass is 10.4. The van der Waals surface area contributed by atoms with Gasteiger partial charge in [-0.1, -0.05) is 11.3 Å². The third kappa shape index (κ3) is 2.69. The Kier molecular flexibility index (Phi) is 3.25. The number of hydrogen-bond acceptors (Lipinski definition) is 4. The molecular weight excluding hydrogens is 190 g/mol. The Morgan fingerprint density at radius 3 is 2.92 bits per heavy atom. The number of hydrogen-bond donors (Lipinski definition) is 1. The van der Waals surface area contributed by atoms with E-state index in [-0.39, 0.29) is 6.42 Å². The molecule has 13 heavy (non-hydrogen) atoms. The Bertz CT molecular complexity index is 308. The van der Waals surface area contributed by atoms with Gasteiger partial charge >= 0.3 is 5.97 Å². The first-order chi connectivity index (χ1) is 6.13. The molecule has 1 aromatic heterocycles. The number of aryl methyl sites for hydroxylation is 1. The van der Waals surface area contributed by atoms with Crippen molar-refractivity contribution >= 4 is 17.3 Å². The molecule has 1 aromatic rings. The van der Waals surface area contributed by atoms with Gasteiger partial charge in [-0.25, -0.2) is 4.98 Å². The van der Waals surface area contributed by atoms with Gasteiger partial charge in [0.05, 0.1) is 18.7 Å². The molecule has 0 radical (unpaired) electrons. The summed E-state index contributed by atoms with van der Waals surface area (Å²) in [5.74, 6) is -0.864. The fourth-order valence-electron chi connectivity index (χ4n) is 0.906. The minimum absolute atomic E-state index is 0.0292. The van der Waals surface area contributed by atoms with E-state index >= 15 is 0 Å². The van der Waals surface area contributed by atoms with Crippen molar-refractivity contribution in [2.24, 2.45) is 0 Å². The zero-order valence-corrected chi connectivity index (χ0v) is 8.35. The van der Waals surface area contributed by atoms with Crippen molar-refractivity contribution in [1.29, 1.82) is 0 Å². The Morgan fingerprint density at radius 2 is 2.38 bits per heavy atom. The molecule has 0 unspecified atom stereocenters. The van der Waals surface area contributed by atoms with E-state index in [1.165, 1.54) is 11.3 Å². The monoisotopic (exact) mass is 201 g/mol. The number of ether oxygens (including phenoxy) is 1. The van der Waals surface area contributed by atoms with Gasteiger partial charge in [-0.3, -0.25) is 4.79 Å². The summed E-state index contributed by atoms with van der Waals surface area (Å²) in [5.41, 5.74) is 0.767. The Hall–Kier alpha value is -1.10. The van der Waals surface area contributed by atoms with Crippen LogP contribution in [0, 0.1) is 6.92 Å².